The number of rotatable bonds is 6. The number of nitrogens with one attached hydrogen (secondary N) is 2. The summed E-state index contributed by atoms with van der Waals surface area (Å²) in [4.78, 5) is 21.9. The molecule has 140 valence electrons. The molecule has 0 spiro atoms. The number of sulfonamides is 1. The smallest absolute Gasteiger partial charge is 0.270 e. The molecule has 1 amide bonds. The summed E-state index contributed by atoms with van der Waals surface area (Å²) in [5.74, 6) is -0.403. The van der Waals surface area contributed by atoms with Crippen LogP contribution in [0.15, 0.2) is 29.2 Å². The number of nitrogens with zero attached hydrogens (tertiary/aromatic N) is 2. The van der Waals surface area contributed by atoms with E-state index >= 15 is 0 Å². The Morgan fingerprint density at radius 1 is 1.48 bits per heavy atom. The highest BCUT2D eigenvalue weighted by Gasteiger charge is 2.25. The number of nitro benzene ring substituents is 1. The van der Waals surface area contributed by atoms with Gasteiger partial charge in [-0.25, -0.2) is 8.42 Å². The van der Waals surface area contributed by atoms with E-state index in [1.165, 1.54) is 25.2 Å². The Balaban J connectivity index is 0.00000312. The highest BCUT2D eigenvalue weighted by atomic mass is 35.5. The van der Waals surface area contributed by atoms with Crippen LogP contribution in [0.3, 0.4) is 0 Å². The molecule has 1 aromatic carbocycles. The van der Waals surface area contributed by atoms with Gasteiger partial charge in [0.1, 0.15) is 0 Å². The number of non-ortho nitro benzene ring substituents is 1. The summed E-state index contributed by atoms with van der Waals surface area (Å²) in [6.45, 7) is 1.22. The van der Waals surface area contributed by atoms with Crippen LogP contribution in [0.5, 0.6) is 0 Å². The minimum Gasteiger partial charge on any atom is -0.351 e. The number of benzene rings is 1. The van der Waals surface area contributed by atoms with Crippen molar-refractivity contribution < 1.29 is 18.1 Å². The molecule has 1 atom stereocenters. The molecule has 0 aliphatic carbocycles. The van der Waals surface area contributed by atoms with Crippen LogP contribution in [0.1, 0.15) is 12.8 Å². The maximum Gasteiger partial charge on any atom is 0.270 e. The van der Waals surface area contributed by atoms with E-state index in [1.807, 2.05) is 0 Å². The van der Waals surface area contributed by atoms with Crippen LogP contribution in [0.2, 0.25) is 0 Å². The second-order valence-electron chi connectivity index (χ2n) is 5.63. The molecule has 1 heterocycles. The molecule has 1 aromatic rings. The van der Waals surface area contributed by atoms with Crippen molar-refractivity contribution in [3.8, 4) is 0 Å². The number of nitro groups is 1. The molecule has 0 bridgehead atoms. The largest absolute Gasteiger partial charge is 0.351 e. The van der Waals surface area contributed by atoms with Crippen molar-refractivity contribution in [2.75, 3.05) is 26.7 Å². The van der Waals surface area contributed by atoms with E-state index in [-0.39, 0.29) is 35.6 Å². The van der Waals surface area contributed by atoms with Crippen molar-refractivity contribution in [3.63, 3.8) is 0 Å². The summed E-state index contributed by atoms with van der Waals surface area (Å²) in [7, 11) is -2.71. The molecule has 1 aliphatic heterocycles. The van der Waals surface area contributed by atoms with Gasteiger partial charge in [0.25, 0.3) is 5.69 Å². The molecule has 25 heavy (non-hydrogen) atoms. The average Bonchev–Trinajstić information content (AvgIpc) is 2.55. The molecular weight excluding hydrogens is 372 g/mol. The lowest BCUT2D eigenvalue weighted by molar-refractivity contribution is -0.385. The predicted molar refractivity (Wildman–Crippen MR) is 94.2 cm³/mol. The van der Waals surface area contributed by atoms with Crippen molar-refractivity contribution in [2.24, 2.45) is 0 Å². The Hall–Kier alpha value is -1.75. The van der Waals surface area contributed by atoms with E-state index in [0.29, 0.717) is 6.54 Å². The summed E-state index contributed by atoms with van der Waals surface area (Å²) in [5.41, 5.74) is -0.317. The first kappa shape index (κ1) is 21.3. The molecule has 2 rings (SSSR count). The van der Waals surface area contributed by atoms with E-state index in [0.717, 1.165) is 29.8 Å². The summed E-state index contributed by atoms with van der Waals surface area (Å²) in [6.07, 6.45) is 1.80. The predicted octanol–water partition coefficient (Wildman–Crippen LogP) is 0.505. The van der Waals surface area contributed by atoms with E-state index in [9.17, 15) is 23.3 Å². The minimum atomic E-state index is -3.98. The van der Waals surface area contributed by atoms with Gasteiger partial charge < -0.3 is 10.6 Å². The third-order valence-electron chi connectivity index (χ3n) is 3.76. The number of hydrogen-bond donors (Lipinski definition) is 2. The SMILES string of the molecule is CN(CC(=O)N[C@H]1CCCNC1)S(=O)(=O)c1cccc([N+](=O)[O-])c1.Cl. The van der Waals surface area contributed by atoms with Crippen LogP contribution in [0, 0.1) is 10.1 Å². The third kappa shape index (κ3) is 5.63. The first-order chi connectivity index (χ1) is 11.3. The topological polar surface area (TPSA) is 122 Å². The summed E-state index contributed by atoms with van der Waals surface area (Å²) < 4.78 is 25.8. The first-order valence-corrected chi connectivity index (χ1v) is 8.95. The van der Waals surface area contributed by atoms with E-state index in [2.05, 4.69) is 10.6 Å². The molecule has 1 fully saturated rings. The van der Waals surface area contributed by atoms with E-state index < -0.39 is 20.9 Å². The Morgan fingerprint density at radius 3 is 2.80 bits per heavy atom. The Bertz CT molecular complexity index is 722. The fraction of sp³-hybridized carbons (Fsp3) is 0.500. The summed E-state index contributed by atoms with van der Waals surface area (Å²) in [5, 5.41) is 16.7. The van der Waals surface area contributed by atoms with Crippen molar-refractivity contribution in [2.45, 2.75) is 23.8 Å². The molecule has 1 saturated heterocycles. The second kappa shape index (κ2) is 9.09. The van der Waals surface area contributed by atoms with Crippen LogP contribution >= 0.6 is 12.4 Å². The normalized spacial score (nSPS) is 17.6. The second-order valence-corrected chi connectivity index (χ2v) is 7.67. The molecule has 9 nitrogen and oxygen atoms in total. The number of halogens is 1. The van der Waals surface area contributed by atoms with Crippen molar-refractivity contribution >= 4 is 34.0 Å². The molecule has 0 unspecified atom stereocenters. The quantitative estimate of drug-likeness (QED) is 0.537. The van der Waals surface area contributed by atoms with Gasteiger partial charge in [-0.2, -0.15) is 4.31 Å². The fourth-order valence-electron chi connectivity index (χ4n) is 2.47. The summed E-state index contributed by atoms with van der Waals surface area (Å²) in [6, 6.07) is 4.74. The van der Waals surface area contributed by atoms with Gasteiger partial charge in [-0.15, -0.1) is 12.4 Å². The Kier molecular flexibility index (Phi) is 7.74. The number of carbonyl (C=O) groups excluding carboxylic acids is 1. The zero-order chi connectivity index (χ0) is 17.7. The van der Waals surface area contributed by atoms with Gasteiger partial charge >= 0.3 is 0 Å². The van der Waals surface area contributed by atoms with Gasteiger partial charge in [0.15, 0.2) is 0 Å². The number of likely N-dealkylation sites (N-methyl/N-ethyl adjacent to an activating group) is 1. The van der Waals surface area contributed by atoms with Gasteiger partial charge in [0.05, 0.1) is 16.4 Å². The number of amides is 1. The van der Waals surface area contributed by atoms with Crippen LogP contribution < -0.4 is 10.6 Å². The standard InChI is InChI=1S/C14H20N4O5S.ClH/c1-17(10-14(19)16-11-4-3-7-15-9-11)24(22,23)13-6-2-5-12(8-13)18(20)21;/h2,5-6,8,11,15H,3-4,7,9-10H2,1H3,(H,16,19);1H/t11-;/m0./s1. The highest BCUT2D eigenvalue weighted by molar-refractivity contribution is 7.89. The zero-order valence-electron chi connectivity index (χ0n) is 13.7. The third-order valence-corrected chi connectivity index (χ3v) is 5.56. The van der Waals surface area contributed by atoms with Gasteiger partial charge in [-0.1, -0.05) is 6.07 Å². The molecule has 11 heteroatoms. The van der Waals surface area contributed by atoms with Gasteiger partial charge in [-0.05, 0) is 25.5 Å². The highest BCUT2D eigenvalue weighted by Crippen LogP contribution is 2.20. The minimum absolute atomic E-state index is 0. The maximum atomic E-state index is 12.4. The Morgan fingerprint density at radius 2 is 2.20 bits per heavy atom. The molecule has 0 saturated carbocycles. The lowest BCUT2D eigenvalue weighted by atomic mass is 10.1. The number of piperidine rings is 1. The molecule has 0 aromatic heterocycles. The molecular formula is C14H21ClN4O5S. The van der Waals surface area contributed by atoms with Crippen LogP contribution in [0.4, 0.5) is 5.69 Å². The fourth-order valence-corrected chi connectivity index (χ4v) is 3.64. The zero-order valence-corrected chi connectivity index (χ0v) is 15.3. The van der Waals surface area contributed by atoms with Crippen LogP contribution in [0.25, 0.3) is 0 Å². The van der Waals surface area contributed by atoms with Gasteiger partial charge in [0.2, 0.25) is 15.9 Å². The van der Waals surface area contributed by atoms with Crippen molar-refractivity contribution in [1.82, 2.24) is 14.9 Å². The average molecular weight is 393 g/mol. The lowest BCUT2D eigenvalue weighted by Gasteiger charge is -2.25. The van der Waals surface area contributed by atoms with Crippen LogP contribution in [-0.4, -0.2) is 56.3 Å². The summed E-state index contributed by atoms with van der Waals surface area (Å²) >= 11 is 0. The lowest BCUT2D eigenvalue weighted by Crippen LogP contribution is -2.48. The number of carbonyl (C=O) groups is 1. The van der Waals surface area contributed by atoms with Gasteiger partial charge in [-0.3, -0.25) is 14.9 Å². The van der Waals surface area contributed by atoms with E-state index in [4.69, 9.17) is 0 Å². The van der Waals surface area contributed by atoms with Crippen LogP contribution in [-0.2, 0) is 14.8 Å². The molecule has 2 N–H and O–H groups in total. The van der Waals surface area contributed by atoms with Crippen molar-refractivity contribution in [3.05, 3.63) is 34.4 Å². The molecule has 0 radical (unpaired) electrons. The van der Waals surface area contributed by atoms with Gasteiger partial charge in [0, 0.05) is 31.8 Å². The monoisotopic (exact) mass is 392 g/mol. The van der Waals surface area contributed by atoms with E-state index in [1.54, 1.807) is 0 Å². The molecule has 1 aliphatic rings. The maximum absolute atomic E-state index is 12.4. The van der Waals surface area contributed by atoms with Crippen molar-refractivity contribution in [1.29, 1.82) is 0 Å². The number of hydrogen-bond acceptors (Lipinski definition) is 6. The first-order valence-electron chi connectivity index (χ1n) is 7.51. The Labute approximate surface area is 152 Å².